The van der Waals surface area contributed by atoms with Crippen LogP contribution in [-0.2, 0) is 14.4 Å². The van der Waals surface area contributed by atoms with E-state index in [2.05, 4.69) is 33.6 Å². The number of carbonyl (C=O) groups excluding carboxylic acids is 3. The molecule has 0 saturated carbocycles. The highest BCUT2D eigenvalue weighted by Crippen LogP contribution is 2.37. The quantitative estimate of drug-likeness (QED) is 0.233. The Morgan fingerprint density at radius 2 is 1.26 bits per heavy atom. The fourth-order valence-corrected chi connectivity index (χ4v) is 3.33. The highest BCUT2D eigenvalue weighted by Gasteiger charge is 2.17. The first-order chi connectivity index (χ1) is 16.4. The molecule has 0 spiro atoms. The lowest BCUT2D eigenvalue weighted by atomic mass is 9.89. The van der Waals surface area contributed by atoms with Crippen molar-refractivity contribution in [3.05, 3.63) is 97.1 Å². The largest absolute Gasteiger partial charge is 0.423 e. The van der Waals surface area contributed by atoms with Crippen molar-refractivity contribution >= 4 is 23.5 Å². The minimum absolute atomic E-state index is 0.0820. The number of rotatable bonds is 11. The van der Waals surface area contributed by atoms with Gasteiger partial charge in [0.25, 0.3) is 0 Å². The molecule has 6 heteroatoms. The topological polar surface area (TPSA) is 78.9 Å². The minimum atomic E-state index is -0.684. The summed E-state index contributed by atoms with van der Waals surface area (Å²) in [7, 11) is 0. The van der Waals surface area contributed by atoms with E-state index in [0.29, 0.717) is 5.75 Å². The van der Waals surface area contributed by atoms with Gasteiger partial charge in [0.2, 0.25) is 0 Å². The van der Waals surface area contributed by atoms with Gasteiger partial charge in [-0.25, -0.2) is 14.4 Å². The van der Waals surface area contributed by atoms with E-state index in [0.717, 1.165) is 54.2 Å². The Balaban J connectivity index is 2.63. The van der Waals surface area contributed by atoms with E-state index in [1.54, 1.807) is 30.3 Å². The van der Waals surface area contributed by atoms with Crippen molar-refractivity contribution in [3.8, 4) is 17.2 Å². The first-order valence-corrected chi connectivity index (χ1v) is 10.9. The zero-order chi connectivity index (χ0) is 25.1. The molecule has 0 atom stereocenters. The predicted octanol–water partition coefficient (Wildman–Crippen LogP) is 5.97. The molecule has 0 aromatic heterocycles. The Labute approximate surface area is 199 Å². The summed E-state index contributed by atoms with van der Waals surface area (Å²) in [5, 5.41) is 0. The van der Waals surface area contributed by atoms with Gasteiger partial charge in [0.1, 0.15) is 5.75 Å². The Morgan fingerprint density at radius 3 is 1.79 bits per heavy atom. The van der Waals surface area contributed by atoms with Crippen LogP contribution in [0.5, 0.6) is 17.2 Å². The van der Waals surface area contributed by atoms with Crippen molar-refractivity contribution in [1.82, 2.24) is 0 Å². The Hall–Kier alpha value is -4.19. The van der Waals surface area contributed by atoms with Crippen LogP contribution in [0, 0.1) is 0 Å². The van der Waals surface area contributed by atoms with Gasteiger partial charge < -0.3 is 14.2 Å². The van der Waals surface area contributed by atoms with Crippen molar-refractivity contribution in [1.29, 1.82) is 0 Å². The van der Waals surface area contributed by atoms with Crippen LogP contribution in [0.3, 0.4) is 0 Å². The maximum atomic E-state index is 11.9. The van der Waals surface area contributed by atoms with E-state index in [-0.39, 0.29) is 11.5 Å². The standard InChI is InChI=1S/C28H28O6/c1-6-11-19(7-2)28(20-12-15-22(16-13-20)32-25(29)8-3)21-14-17-23(33-26(30)9-4)24(18-21)34-27(31)10-5/h8-10,12-18H,3-7,11H2,1-2H3. The molecule has 0 aliphatic rings. The molecule has 0 bridgehead atoms. The zero-order valence-corrected chi connectivity index (χ0v) is 19.5. The number of ether oxygens (including phenoxy) is 3. The van der Waals surface area contributed by atoms with Gasteiger partial charge in [-0.15, -0.1) is 0 Å². The summed E-state index contributed by atoms with van der Waals surface area (Å²) in [5.74, 6) is -1.33. The summed E-state index contributed by atoms with van der Waals surface area (Å²) in [6.45, 7) is 14.4. The van der Waals surface area contributed by atoms with Crippen LogP contribution in [0.25, 0.3) is 5.57 Å². The Morgan fingerprint density at radius 1 is 0.735 bits per heavy atom. The molecule has 0 amide bonds. The van der Waals surface area contributed by atoms with Crippen molar-refractivity contribution in [2.45, 2.75) is 33.1 Å². The third-order valence-corrected chi connectivity index (χ3v) is 4.85. The summed E-state index contributed by atoms with van der Waals surface area (Å²) >= 11 is 0. The van der Waals surface area contributed by atoms with Gasteiger partial charge in [-0.3, -0.25) is 0 Å². The molecule has 0 radical (unpaired) electrons. The van der Waals surface area contributed by atoms with Crippen LogP contribution in [0.15, 0.2) is 86.0 Å². The van der Waals surface area contributed by atoms with Crippen LogP contribution in [-0.4, -0.2) is 17.9 Å². The van der Waals surface area contributed by atoms with Gasteiger partial charge in [0.15, 0.2) is 11.5 Å². The van der Waals surface area contributed by atoms with Crippen LogP contribution in [0.2, 0.25) is 0 Å². The molecular formula is C28H28O6. The lowest BCUT2D eigenvalue weighted by Crippen LogP contribution is -2.09. The molecule has 176 valence electrons. The molecule has 0 heterocycles. The highest BCUT2D eigenvalue weighted by atomic mass is 16.6. The van der Waals surface area contributed by atoms with Crippen molar-refractivity contribution < 1.29 is 28.6 Å². The average Bonchev–Trinajstić information content (AvgIpc) is 2.85. The van der Waals surface area contributed by atoms with E-state index in [4.69, 9.17) is 14.2 Å². The van der Waals surface area contributed by atoms with Gasteiger partial charge in [-0.05, 0) is 53.8 Å². The minimum Gasteiger partial charge on any atom is -0.423 e. The van der Waals surface area contributed by atoms with Crippen LogP contribution in [0.4, 0.5) is 0 Å². The Bertz CT molecular complexity index is 1120. The molecule has 0 aliphatic carbocycles. The summed E-state index contributed by atoms with van der Waals surface area (Å²) in [5.41, 5.74) is 3.80. The molecule has 2 aromatic carbocycles. The molecule has 2 aromatic rings. The normalized spacial score (nSPS) is 11.0. The number of allylic oxidation sites excluding steroid dienone is 1. The van der Waals surface area contributed by atoms with Gasteiger partial charge in [-0.2, -0.15) is 0 Å². The number of hydrogen-bond acceptors (Lipinski definition) is 6. The zero-order valence-electron chi connectivity index (χ0n) is 19.5. The first kappa shape index (κ1) is 26.1. The number of hydrogen-bond donors (Lipinski definition) is 0. The molecule has 34 heavy (non-hydrogen) atoms. The number of esters is 3. The lowest BCUT2D eigenvalue weighted by molar-refractivity contribution is -0.131. The molecule has 0 fully saturated rings. The number of benzene rings is 2. The SMILES string of the molecule is C=CC(=O)Oc1ccc(C(=C(CC)CCC)c2ccc(OC(=O)C=C)c(OC(=O)C=C)c2)cc1. The molecule has 6 nitrogen and oxygen atoms in total. The molecule has 0 aliphatic heterocycles. The first-order valence-electron chi connectivity index (χ1n) is 10.9. The average molecular weight is 461 g/mol. The van der Waals surface area contributed by atoms with Crippen LogP contribution < -0.4 is 14.2 Å². The van der Waals surface area contributed by atoms with Crippen molar-refractivity contribution in [2.75, 3.05) is 0 Å². The smallest absolute Gasteiger partial charge is 0.335 e. The molecule has 0 saturated heterocycles. The molecule has 0 unspecified atom stereocenters. The van der Waals surface area contributed by atoms with E-state index < -0.39 is 17.9 Å². The predicted molar refractivity (Wildman–Crippen MR) is 132 cm³/mol. The second kappa shape index (κ2) is 12.7. The van der Waals surface area contributed by atoms with Crippen molar-refractivity contribution in [3.63, 3.8) is 0 Å². The second-order valence-electron chi connectivity index (χ2n) is 7.14. The fourth-order valence-electron chi connectivity index (χ4n) is 3.33. The third-order valence-electron chi connectivity index (χ3n) is 4.85. The van der Waals surface area contributed by atoms with E-state index in [9.17, 15) is 14.4 Å². The summed E-state index contributed by atoms with van der Waals surface area (Å²) in [6.07, 6.45) is 5.74. The van der Waals surface area contributed by atoms with Gasteiger partial charge in [0.05, 0.1) is 0 Å². The second-order valence-corrected chi connectivity index (χ2v) is 7.14. The number of carbonyl (C=O) groups is 3. The molecule has 0 N–H and O–H groups in total. The van der Waals surface area contributed by atoms with Gasteiger partial charge in [-0.1, -0.05) is 63.8 Å². The third kappa shape index (κ3) is 6.90. The van der Waals surface area contributed by atoms with Crippen LogP contribution in [0.1, 0.15) is 44.2 Å². The van der Waals surface area contributed by atoms with Crippen LogP contribution >= 0.6 is 0 Å². The maximum absolute atomic E-state index is 11.9. The summed E-state index contributed by atoms with van der Waals surface area (Å²) < 4.78 is 15.8. The maximum Gasteiger partial charge on any atom is 0.335 e. The molecule has 2 rings (SSSR count). The van der Waals surface area contributed by atoms with Gasteiger partial charge in [0, 0.05) is 18.2 Å². The molecular weight excluding hydrogens is 432 g/mol. The highest BCUT2D eigenvalue weighted by molar-refractivity contribution is 5.88. The monoisotopic (exact) mass is 460 g/mol. The Kier molecular flexibility index (Phi) is 9.77. The van der Waals surface area contributed by atoms with Crippen molar-refractivity contribution in [2.24, 2.45) is 0 Å². The summed E-state index contributed by atoms with van der Waals surface area (Å²) in [6, 6.07) is 12.1. The van der Waals surface area contributed by atoms with E-state index in [1.807, 2.05) is 12.1 Å². The van der Waals surface area contributed by atoms with E-state index >= 15 is 0 Å². The lowest BCUT2D eigenvalue weighted by Gasteiger charge is -2.18. The fraction of sp³-hybridized carbons (Fsp3) is 0.179. The summed E-state index contributed by atoms with van der Waals surface area (Å²) in [4.78, 5) is 35.2. The van der Waals surface area contributed by atoms with Gasteiger partial charge >= 0.3 is 17.9 Å². The van der Waals surface area contributed by atoms with E-state index in [1.165, 1.54) is 5.57 Å².